The van der Waals surface area contributed by atoms with Gasteiger partial charge in [0.25, 0.3) is 5.56 Å². The number of aryl methyl sites for hydroxylation is 1. The van der Waals surface area contributed by atoms with Crippen molar-refractivity contribution in [3.05, 3.63) is 27.2 Å². The first-order chi connectivity index (χ1) is 12.9. The number of rotatable bonds is 4. The summed E-state index contributed by atoms with van der Waals surface area (Å²) in [6, 6.07) is 0. The number of nitrogens with zero attached hydrogens (tertiary/aromatic N) is 4. The van der Waals surface area contributed by atoms with Gasteiger partial charge in [-0.1, -0.05) is 12.8 Å². The number of fused-ring (bicyclic) bond motifs is 1. The summed E-state index contributed by atoms with van der Waals surface area (Å²) in [5.74, 6) is 0.840. The fourth-order valence-electron chi connectivity index (χ4n) is 4.83. The Bertz CT molecular complexity index is 937. The molecule has 0 bridgehead atoms. The normalized spacial score (nSPS) is 26.9. The zero-order chi connectivity index (χ0) is 19.2. The van der Waals surface area contributed by atoms with Crippen LogP contribution in [0.3, 0.4) is 0 Å². The highest BCUT2D eigenvalue weighted by molar-refractivity contribution is 5.69. The number of imidazole rings is 1. The third-order valence-electron chi connectivity index (χ3n) is 6.65. The topological polar surface area (TPSA) is 82.0 Å². The van der Waals surface area contributed by atoms with Gasteiger partial charge >= 0.3 is 5.69 Å². The van der Waals surface area contributed by atoms with Crippen LogP contribution < -0.4 is 11.2 Å². The number of aromatic nitrogens is 4. The highest BCUT2D eigenvalue weighted by atomic mass is 16.3. The Hall–Kier alpha value is -1.89. The van der Waals surface area contributed by atoms with Crippen LogP contribution in [0.4, 0.5) is 0 Å². The molecular formula is C20H30N4O3. The molecule has 2 heterocycles. The molecule has 0 radical (unpaired) electrons. The predicted molar refractivity (Wildman–Crippen MR) is 104 cm³/mol. The van der Waals surface area contributed by atoms with Crippen molar-refractivity contribution in [3.63, 3.8) is 0 Å². The van der Waals surface area contributed by atoms with E-state index < -0.39 is 5.60 Å². The maximum Gasteiger partial charge on any atom is 0.332 e. The molecule has 7 nitrogen and oxygen atoms in total. The first kappa shape index (κ1) is 18.5. The lowest BCUT2D eigenvalue weighted by Crippen LogP contribution is -2.42. The van der Waals surface area contributed by atoms with Crippen molar-refractivity contribution in [2.45, 2.75) is 77.0 Å². The van der Waals surface area contributed by atoms with E-state index in [0.29, 0.717) is 36.5 Å². The lowest BCUT2D eigenvalue weighted by atomic mass is 9.80. The Balaban J connectivity index is 1.68. The van der Waals surface area contributed by atoms with Crippen molar-refractivity contribution in [3.8, 4) is 0 Å². The molecule has 7 heteroatoms. The Labute approximate surface area is 158 Å². The summed E-state index contributed by atoms with van der Waals surface area (Å²) in [5, 5.41) is 10.2. The van der Waals surface area contributed by atoms with Gasteiger partial charge < -0.3 is 9.67 Å². The Morgan fingerprint density at radius 3 is 2.41 bits per heavy atom. The van der Waals surface area contributed by atoms with Gasteiger partial charge in [-0.25, -0.2) is 9.78 Å². The summed E-state index contributed by atoms with van der Waals surface area (Å²) >= 11 is 0. The van der Waals surface area contributed by atoms with Gasteiger partial charge in [0.1, 0.15) is 0 Å². The molecule has 0 saturated heterocycles. The van der Waals surface area contributed by atoms with Gasteiger partial charge in [0, 0.05) is 20.1 Å². The van der Waals surface area contributed by atoms with Crippen LogP contribution in [0.15, 0.2) is 15.9 Å². The first-order valence-corrected chi connectivity index (χ1v) is 10.2. The van der Waals surface area contributed by atoms with E-state index in [4.69, 9.17) is 0 Å². The van der Waals surface area contributed by atoms with E-state index in [9.17, 15) is 14.7 Å². The summed E-state index contributed by atoms with van der Waals surface area (Å²) in [5.41, 5.74) is -0.106. The third kappa shape index (κ3) is 3.49. The van der Waals surface area contributed by atoms with Crippen LogP contribution in [0.1, 0.15) is 58.3 Å². The van der Waals surface area contributed by atoms with E-state index >= 15 is 0 Å². The largest absolute Gasteiger partial charge is 0.390 e. The van der Waals surface area contributed by atoms with Crippen LogP contribution in [0.25, 0.3) is 11.2 Å². The lowest BCUT2D eigenvalue weighted by molar-refractivity contribution is 0.00550. The highest BCUT2D eigenvalue weighted by Crippen LogP contribution is 2.32. The van der Waals surface area contributed by atoms with Crippen molar-refractivity contribution in [2.24, 2.45) is 18.9 Å². The van der Waals surface area contributed by atoms with E-state index in [0.717, 1.165) is 19.4 Å². The molecule has 0 aromatic carbocycles. The Kier molecular flexibility index (Phi) is 4.74. The van der Waals surface area contributed by atoms with Crippen molar-refractivity contribution >= 4 is 11.2 Å². The molecule has 0 aliphatic heterocycles. The second-order valence-corrected chi connectivity index (χ2v) is 8.92. The Morgan fingerprint density at radius 2 is 1.74 bits per heavy atom. The summed E-state index contributed by atoms with van der Waals surface area (Å²) < 4.78 is 4.84. The van der Waals surface area contributed by atoms with Gasteiger partial charge in [-0.3, -0.25) is 13.9 Å². The van der Waals surface area contributed by atoms with Gasteiger partial charge in [0.15, 0.2) is 11.2 Å². The summed E-state index contributed by atoms with van der Waals surface area (Å²) in [7, 11) is 1.69. The highest BCUT2D eigenvalue weighted by Gasteiger charge is 2.30. The van der Waals surface area contributed by atoms with Crippen LogP contribution in [0.5, 0.6) is 0 Å². The average Bonchev–Trinajstić information content (AvgIpc) is 3.28. The molecule has 0 spiro atoms. The molecule has 27 heavy (non-hydrogen) atoms. The maximum absolute atomic E-state index is 13.2. The van der Waals surface area contributed by atoms with E-state index in [1.54, 1.807) is 13.4 Å². The van der Waals surface area contributed by atoms with Crippen LogP contribution >= 0.6 is 0 Å². The van der Waals surface area contributed by atoms with E-state index in [2.05, 4.69) is 4.98 Å². The second kappa shape index (κ2) is 6.93. The first-order valence-electron chi connectivity index (χ1n) is 10.2. The minimum Gasteiger partial charge on any atom is -0.390 e. The quantitative estimate of drug-likeness (QED) is 0.888. The third-order valence-corrected chi connectivity index (χ3v) is 6.65. The monoisotopic (exact) mass is 374 g/mol. The predicted octanol–water partition coefficient (Wildman–Crippen LogP) is 2.03. The molecule has 0 unspecified atom stereocenters. The van der Waals surface area contributed by atoms with E-state index in [-0.39, 0.29) is 17.2 Å². The molecule has 2 aliphatic carbocycles. The Morgan fingerprint density at radius 1 is 1.11 bits per heavy atom. The van der Waals surface area contributed by atoms with Crippen LogP contribution in [0, 0.1) is 11.8 Å². The molecule has 148 valence electrons. The SMILES string of the molecule is Cn1c(=O)n(CC2CCC(C)(O)CC2)c(=O)c2c1ncn2CC1CCCC1. The molecule has 0 amide bonds. The van der Waals surface area contributed by atoms with Gasteiger partial charge in [-0.15, -0.1) is 0 Å². The fourth-order valence-corrected chi connectivity index (χ4v) is 4.83. The summed E-state index contributed by atoms with van der Waals surface area (Å²) in [4.78, 5) is 30.4. The second-order valence-electron chi connectivity index (χ2n) is 8.92. The van der Waals surface area contributed by atoms with Gasteiger partial charge in [0.05, 0.1) is 11.9 Å². The van der Waals surface area contributed by atoms with Crippen molar-refractivity contribution in [1.82, 2.24) is 18.7 Å². The van der Waals surface area contributed by atoms with Gasteiger partial charge in [0.2, 0.25) is 0 Å². The average molecular weight is 374 g/mol. The molecular weight excluding hydrogens is 344 g/mol. The molecule has 2 aromatic heterocycles. The molecule has 2 aromatic rings. The molecule has 2 fully saturated rings. The molecule has 2 saturated carbocycles. The molecule has 0 atom stereocenters. The zero-order valence-corrected chi connectivity index (χ0v) is 16.4. The van der Waals surface area contributed by atoms with E-state index in [1.165, 1.54) is 34.8 Å². The van der Waals surface area contributed by atoms with Crippen LogP contribution in [-0.4, -0.2) is 29.4 Å². The van der Waals surface area contributed by atoms with Crippen LogP contribution in [0.2, 0.25) is 0 Å². The summed E-state index contributed by atoms with van der Waals surface area (Å²) in [6.07, 6.45) is 9.72. The van der Waals surface area contributed by atoms with Gasteiger partial charge in [-0.2, -0.15) is 0 Å². The molecule has 4 rings (SSSR count). The smallest absolute Gasteiger partial charge is 0.332 e. The van der Waals surface area contributed by atoms with Gasteiger partial charge in [-0.05, 0) is 57.3 Å². The number of hydrogen-bond acceptors (Lipinski definition) is 4. The lowest BCUT2D eigenvalue weighted by Gasteiger charge is -2.33. The van der Waals surface area contributed by atoms with Crippen LogP contribution in [-0.2, 0) is 20.1 Å². The fraction of sp³-hybridized carbons (Fsp3) is 0.750. The van der Waals surface area contributed by atoms with Crippen molar-refractivity contribution < 1.29 is 5.11 Å². The zero-order valence-electron chi connectivity index (χ0n) is 16.4. The molecule has 2 aliphatic rings. The van der Waals surface area contributed by atoms with E-state index in [1.807, 2.05) is 11.5 Å². The molecule has 1 N–H and O–H groups in total. The number of hydrogen-bond donors (Lipinski definition) is 1. The van der Waals surface area contributed by atoms with Crippen molar-refractivity contribution in [1.29, 1.82) is 0 Å². The standard InChI is InChI=1S/C20H30N4O3/c1-20(27)9-7-15(8-10-20)12-24-18(25)16-17(22(2)19(24)26)21-13-23(16)11-14-5-3-4-6-14/h13-15,27H,3-12H2,1-2H3. The minimum atomic E-state index is -0.615. The number of aliphatic hydroxyl groups is 1. The van der Waals surface area contributed by atoms with Crippen molar-refractivity contribution in [2.75, 3.05) is 0 Å². The maximum atomic E-state index is 13.2. The summed E-state index contributed by atoms with van der Waals surface area (Å²) in [6.45, 7) is 3.09. The minimum absolute atomic E-state index is 0.221.